The summed E-state index contributed by atoms with van der Waals surface area (Å²) in [6.07, 6.45) is 5.41. The zero-order valence-electron chi connectivity index (χ0n) is 11.5. The Morgan fingerprint density at radius 1 is 1.39 bits per heavy atom. The van der Waals surface area contributed by atoms with Crippen LogP contribution in [-0.2, 0) is 0 Å². The van der Waals surface area contributed by atoms with Crippen molar-refractivity contribution in [1.29, 1.82) is 0 Å². The van der Waals surface area contributed by atoms with E-state index in [-0.39, 0.29) is 0 Å². The first kappa shape index (κ1) is 12.6. The van der Waals surface area contributed by atoms with Gasteiger partial charge in [-0.1, -0.05) is 0 Å². The van der Waals surface area contributed by atoms with E-state index in [9.17, 15) is 0 Å². The van der Waals surface area contributed by atoms with E-state index in [2.05, 4.69) is 29.6 Å². The second-order valence-electron chi connectivity index (χ2n) is 5.84. The van der Waals surface area contributed by atoms with Gasteiger partial charge in [0.05, 0.1) is 10.7 Å². The molecule has 0 amide bonds. The van der Waals surface area contributed by atoms with Crippen molar-refractivity contribution in [1.82, 2.24) is 15.2 Å². The molecule has 1 aromatic heterocycles. The fourth-order valence-corrected chi connectivity index (χ4v) is 4.49. The Kier molecular flexibility index (Phi) is 3.43. The SMILES string of the molecule is CNC(C)c1csc(C2CC3CCC(C2)N3C)n1. The predicted octanol–water partition coefficient (Wildman–Crippen LogP) is 2.76. The number of piperidine rings is 1. The first-order valence-electron chi connectivity index (χ1n) is 7.03. The van der Waals surface area contributed by atoms with Crippen LogP contribution in [0.25, 0.3) is 0 Å². The molecule has 1 N–H and O–H groups in total. The Morgan fingerprint density at radius 2 is 2.06 bits per heavy atom. The van der Waals surface area contributed by atoms with Crippen molar-refractivity contribution in [3.63, 3.8) is 0 Å². The van der Waals surface area contributed by atoms with Gasteiger partial charge in [0.2, 0.25) is 0 Å². The molecule has 18 heavy (non-hydrogen) atoms. The van der Waals surface area contributed by atoms with Gasteiger partial charge < -0.3 is 10.2 Å². The molecular weight excluding hydrogens is 242 g/mol. The van der Waals surface area contributed by atoms with Crippen LogP contribution in [0.2, 0.25) is 0 Å². The molecule has 2 bridgehead atoms. The lowest BCUT2D eigenvalue weighted by Crippen LogP contribution is -2.39. The van der Waals surface area contributed by atoms with Gasteiger partial charge >= 0.3 is 0 Å². The van der Waals surface area contributed by atoms with Crippen LogP contribution in [0, 0.1) is 0 Å². The number of fused-ring (bicyclic) bond motifs is 2. The zero-order valence-corrected chi connectivity index (χ0v) is 12.3. The lowest BCUT2D eigenvalue weighted by molar-refractivity contribution is 0.161. The second-order valence-corrected chi connectivity index (χ2v) is 6.73. The third-order valence-electron chi connectivity index (χ3n) is 4.86. The molecule has 0 spiro atoms. The minimum Gasteiger partial charge on any atom is -0.312 e. The number of hydrogen-bond donors (Lipinski definition) is 1. The number of nitrogens with zero attached hydrogens (tertiary/aromatic N) is 2. The first-order chi connectivity index (χ1) is 8.69. The van der Waals surface area contributed by atoms with Crippen molar-refractivity contribution in [3.05, 3.63) is 16.1 Å². The standard InChI is InChI=1S/C14H23N3S/c1-9(15-2)13-8-18-14(16-13)10-6-11-4-5-12(7-10)17(11)3/h8-12,15H,4-7H2,1-3H3. The van der Waals surface area contributed by atoms with E-state index in [0.29, 0.717) is 12.0 Å². The Morgan fingerprint density at radius 3 is 2.67 bits per heavy atom. The first-order valence-corrected chi connectivity index (χ1v) is 7.91. The van der Waals surface area contributed by atoms with Crippen LogP contribution in [0.5, 0.6) is 0 Å². The second kappa shape index (κ2) is 4.91. The van der Waals surface area contributed by atoms with Crippen LogP contribution >= 0.6 is 11.3 Å². The van der Waals surface area contributed by atoms with Crippen LogP contribution in [0.1, 0.15) is 55.3 Å². The lowest BCUT2D eigenvalue weighted by Gasteiger charge is -2.35. The van der Waals surface area contributed by atoms with Crippen molar-refractivity contribution in [2.45, 2.75) is 56.7 Å². The van der Waals surface area contributed by atoms with Crippen LogP contribution in [0.4, 0.5) is 0 Å². The van der Waals surface area contributed by atoms with E-state index in [1.807, 2.05) is 18.4 Å². The molecule has 0 saturated carbocycles. The van der Waals surface area contributed by atoms with Gasteiger partial charge in [0.25, 0.3) is 0 Å². The van der Waals surface area contributed by atoms with Gasteiger partial charge in [-0.25, -0.2) is 4.98 Å². The molecular formula is C14H23N3S. The molecule has 2 fully saturated rings. The van der Waals surface area contributed by atoms with Crippen molar-refractivity contribution in [3.8, 4) is 0 Å². The van der Waals surface area contributed by atoms with E-state index in [1.54, 1.807) is 0 Å². The molecule has 0 aliphatic carbocycles. The van der Waals surface area contributed by atoms with Crippen molar-refractivity contribution in [2.24, 2.45) is 0 Å². The molecule has 2 aliphatic rings. The van der Waals surface area contributed by atoms with Crippen LogP contribution < -0.4 is 5.32 Å². The van der Waals surface area contributed by atoms with E-state index in [4.69, 9.17) is 4.98 Å². The van der Waals surface area contributed by atoms with Crippen LogP contribution in [0.3, 0.4) is 0 Å². The third-order valence-corrected chi connectivity index (χ3v) is 5.89. The largest absolute Gasteiger partial charge is 0.312 e. The highest BCUT2D eigenvalue weighted by Crippen LogP contribution is 2.42. The fraction of sp³-hybridized carbons (Fsp3) is 0.786. The van der Waals surface area contributed by atoms with Crippen LogP contribution in [-0.4, -0.2) is 36.1 Å². The van der Waals surface area contributed by atoms with Crippen molar-refractivity contribution in [2.75, 3.05) is 14.1 Å². The van der Waals surface area contributed by atoms with Gasteiger partial charge in [0, 0.05) is 29.4 Å². The molecule has 3 unspecified atom stereocenters. The number of rotatable bonds is 3. The van der Waals surface area contributed by atoms with Crippen LogP contribution in [0.15, 0.2) is 5.38 Å². The van der Waals surface area contributed by atoms with Gasteiger partial charge in [-0.3, -0.25) is 0 Å². The van der Waals surface area contributed by atoms with Gasteiger partial charge in [-0.05, 0) is 46.7 Å². The highest BCUT2D eigenvalue weighted by molar-refractivity contribution is 7.09. The summed E-state index contributed by atoms with van der Waals surface area (Å²) in [6, 6.07) is 1.99. The summed E-state index contributed by atoms with van der Waals surface area (Å²) in [5.74, 6) is 0.710. The van der Waals surface area contributed by atoms with E-state index in [0.717, 1.165) is 12.1 Å². The number of hydrogen-bond acceptors (Lipinski definition) is 4. The summed E-state index contributed by atoms with van der Waals surface area (Å²) >= 11 is 1.86. The summed E-state index contributed by atoms with van der Waals surface area (Å²) in [6.45, 7) is 2.18. The number of nitrogens with one attached hydrogen (secondary N) is 1. The van der Waals surface area contributed by atoms with Crippen molar-refractivity contribution < 1.29 is 0 Å². The molecule has 100 valence electrons. The Balaban J connectivity index is 1.74. The summed E-state index contributed by atoms with van der Waals surface area (Å²) < 4.78 is 0. The molecule has 2 saturated heterocycles. The third kappa shape index (κ3) is 2.10. The topological polar surface area (TPSA) is 28.2 Å². The molecule has 4 heteroatoms. The summed E-state index contributed by atoms with van der Waals surface area (Å²) in [7, 11) is 4.30. The molecule has 3 atom stereocenters. The summed E-state index contributed by atoms with van der Waals surface area (Å²) in [5, 5.41) is 6.88. The van der Waals surface area contributed by atoms with Crippen molar-refractivity contribution >= 4 is 11.3 Å². The number of thiazole rings is 1. The van der Waals surface area contributed by atoms with E-state index < -0.39 is 0 Å². The highest BCUT2D eigenvalue weighted by atomic mass is 32.1. The van der Waals surface area contributed by atoms with Gasteiger partial charge in [0.1, 0.15) is 0 Å². The molecule has 2 aliphatic heterocycles. The van der Waals surface area contributed by atoms with Gasteiger partial charge in [0.15, 0.2) is 0 Å². The average molecular weight is 265 g/mol. The molecule has 1 aromatic rings. The Bertz CT molecular complexity index is 403. The number of aromatic nitrogens is 1. The van der Waals surface area contributed by atoms with E-state index >= 15 is 0 Å². The quantitative estimate of drug-likeness (QED) is 0.911. The maximum Gasteiger partial charge on any atom is 0.0961 e. The monoisotopic (exact) mass is 265 g/mol. The smallest absolute Gasteiger partial charge is 0.0961 e. The Hall–Kier alpha value is -0.450. The van der Waals surface area contributed by atoms with Gasteiger partial charge in [-0.2, -0.15) is 0 Å². The molecule has 0 radical (unpaired) electrons. The van der Waals surface area contributed by atoms with Gasteiger partial charge in [-0.15, -0.1) is 11.3 Å². The normalized spacial score (nSPS) is 33.8. The maximum atomic E-state index is 4.86. The minimum atomic E-state index is 0.373. The Labute approximate surface area is 114 Å². The molecule has 3 rings (SSSR count). The zero-order chi connectivity index (χ0) is 12.7. The average Bonchev–Trinajstić information content (AvgIpc) is 2.92. The lowest BCUT2D eigenvalue weighted by atomic mass is 9.92. The molecule has 3 nitrogen and oxygen atoms in total. The molecule has 3 heterocycles. The molecule has 0 aromatic carbocycles. The summed E-state index contributed by atoms with van der Waals surface area (Å²) in [4.78, 5) is 7.46. The fourth-order valence-electron chi connectivity index (χ4n) is 3.45. The minimum absolute atomic E-state index is 0.373. The van der Waals surface area contributed by atoms with E-state index in [1.165, 1.54) is 36.4 Å². The maximum absolute atomic E-state index is 4.86. The predicted molar refractivity (Wildman–Crippen MR) is 76.1 cm³/mol. The summed E-state index contributed by atoms with van der Waals surface area (Å²) in [5.41, 5.74) is 1.21. The highest BCUT2D eigenvalue weighted by Gasteiger charge is 2.39.